The van der Waals surface area contributed by atoms with Gasteiger partial charge in [0, 0.05) is 17.4 Å². The molecule has 1 amide bonds. The van der Waals surface area contributed by atoms with Crippen molar-refractivity contribution in [2.24, 2.45) is 0 Å². The third-order valence-electron chi connectivity index (χ3n) is 4.91. The van der Waals surface area contributed by atoms with Gasteiger partial charge in [-0.2, -0.15) is 0 Å². The molecular formula is C24H24N4O3S2. The molecule has 0 aliphatic heterocycles. The maximum Gasteiger partial charge on any atom is 0.277 e. The van der Waals surface area contributed by atoms with Crippen LogP contribution in [0.15, 0.2) is 63.6 Å². The Hall–Kier alpha value is -3.17. The van der Waals surface area contributed by atoms with E-state index in [1.54, 1.807) is 7.11 Å². The number of thioether (sulfide) groups is 1. The summed E-state index contributed by atoms with van der Waals surface area (Å²) in [6.45, 7) is 2.04. The van der Waals surface area contributed by atoms with Gasteiger partial charge < -0.3 is 14.5 Å². The zero-order chi connectivity index (χ0) is 23.0. The van der Waals surface area contributed by atoms with Crippen molar-refractivity contribution in [1.82, 2.24) is 15.2 Å². The average Bonchev–Trinajstić information content (AvgIpc) is 3.48. The summed E-state index contributed by atoms with van der Waals surface area (Å²) in [5.74, 6) is 1.49. The summed E-state index contributed by atoms with van der Waals surface area (Å²) in [7, 11) is 1.68. The highest BCUT2D eigenvalue weighted by Gasteiger charge is 2.12. The van der Waals surface area contributed by atoms with E-state index < -0.39 is 0 Å². The fourth-order valence-electron chi connectivity index (χ4n) is 3.29. The minimum atomic E-state index is -0.163. The van der Waals surface area contributed by atoms with Gasteiger partial charge in [-0.1, -0.05) is 54.2 Å². The summed E-state index contributed by atoms with van der Waals surface area (Å²) in [5, 5.41) is 13.8. The molecule has 0 fully saturated rings. The van der Waals surface area contributed by atoms with Crippen molar-refractivity contribution in [3.05, 3.63) is 70.9 Å². The molecule has 0 radical (unpaired) electrons. The average molecular weight is 481 g/mol. The van der Waals surface area contributed by atoms with E-state index in [4.69, 9.17) is 9.15 Å². The number of amides is 1. The molecule has 0 saturated heterocycles. The van der Waals surface area contributed by atoms with E-state index in [-0.39, 0.29) is 11.7 Å². The summed E-state index contributed by atoms with van der Waals surface area (Å²) in [6.07, 6.45) is 2.50. The van der Waals surface area contributed by atoms with Gasteiger partial charge in [-0.15, -0.1) is 21.5 Å². The molecule has 0 atom stereocenters. The number of hydrogen-bond acceptors (Lipinski definition) is 8. The lowest BCUT2D eigenvalue weighted by atomic mass is 10.1. The minimum Gasteiger partial charge on any atom is -0.496 e. The van der Waals surface area contributed by atoms with Crippen LogP contribution in [0.25, 0.3) is 11.3 Å². The number of hydrogen-bond donors (Lipinski definition) is 1. The van der Waals surface area contributed by atoms with Crippen molar-refractivity contribution in [2.45, 2.75) is 31.4 Å². The van der Waals surface area contributed by atoms with Gasteiger partial charge >= 0.3 is 0 Å². The van der Waals surface area contributed by atoms with E-state index in [0.29, 0.717) is 22.7 Å². The Kier molecular flexibility index (Phi) is 7.74. The first-order valence-electron chi connectivity index (χ1n) is 10.5. The molecule has 0 saturated carbocycles. The van der Waals surface area contributed by atoms with E-state index in [0.717, 1.165) is 35.4 Å². The molecule has 0 unspecified atom stereocenters. The van der Waals surface area contributed by atoms with E-state index in [9.17, 15) is 4.79 Å². The summed E-state index contributed by atoms with van der Waals surface area (Å²) >= 11 is 2.62. The molecule has 33 heavy (non-hydrogen) atoms. The van der Waals surface area contributed by atoms with Gasteiger partial charge in [0.25, 0.3) is 5.22 Å². The van der Waals surface area contributed by atoms with Crippen molar-refractivity contribution in [3.63, 3.8) is 0 Å². The van der Waals surface area contributed by atoms with E-state index in [1.807, 2.05) is 48.7 Å². The number of aryl methyl sites for hydroxylation is 3. The highest BCUT2D eigenvalue weighted by Crippen LogP contribution is 2.25. The van der Waals surface area contributed by atoms with Crippen LogP contribution < -0.4 is 10.1 Å². The maximum absolute atomic E-state index is 12.3. The van der Waals surface area contributed by atoms with Gasteiger partial charge in [0.05, 0.1) is 18.6 Å². The number of nitrogens with one attached hydrogen (secondary N) is 1. The van der Waals surface area contributed by atoms with Crippen molar-refractivity contribution >= 4 is 34.1 Å². The van der Waals surface area contributed by atoms with Crippen LogP contribution in [-0.2, 0) is 17.6 Å². The number of carbonyl (C=O) groups excluding carboxylic acids is 1. The Bertz CT molecular complexity index is 1210. The SMILES string of the molecule is COc1ccc(CCCc2nnc(SCC(=O)Nc3nc(-c4ccccc4)cs3)o2)cc1C. The molecule has 170 valence electrons. The zero-order valence-corrected chi connectivity index (χ0v) is 20.0. The second kappa shape index (κ2) is 11.1. The third kappa shape index (κ3) is 6.43. The van der Waals surface area contributed by atoms with Crippen molar-refractivity contribution < 1.29 is 13.9 Å². The van der Waals surface area contributed by atoms with Crippen molar-refractivity contribution in [1.29, 1.82) is 0 Å². The standard InChI is InChI=1S/C24H24N4O3S2/c1-16-13-17(11-12-20(16)30-2)7-6-10-22-27-28-24(31-22)33-15-21(29)26-23-25-19(14-32-23)18-8-4-3-5-9-18/h3-5,8-9,11-14H,6-7,10,15H2,1-2H3,(H,25,26,29). The van der Waals surface area contributed by atoms with Crippen LogP contribution in [0.4, 0.5) is 5.13 Å². The molecular weight excluding hydrogens is 456 g/mol. The predicted molar refractivity (Wildman–Crippen MR) is 131 cm³/mol. The first-order chi connectivity index (χ1) is 16.1. The van der Waals surface area contributed by atoms with Crippen LogP contribution in [0.2, 0.25) is 0 Å². The molecule has 0 spiro atoms. The van der Waals surface area contributed by atoms with Crippen LogP contribution in [-0.4, -0.2) is 34.0 Å². The quantitative estimate of drug-likeness (QED) is 0.303. The number of anilines is 1. The number of benzene rings is 2. The number of nitrogens with zero attached hydrogens (tertiary/aromatic N) is 3. The van der Waals surface area contributed by atoms with Gasteiger partial charge in [0.1, 0.15) is 5.75 Å². The second-order valence-corrected chi connectivity index (χ2v) is 9.14. The summed E-state index contributed by atoms with van der Waals surface area (Å²) in [4.78, 5) is 16.7. The number of rotatable bonds is 10. The highest BCUT2D eigenvalue weighted by molar-refractivity contribution is 7.99. The summed E-state index contributed by atoms with van der Waals surface area (Å²) in [6, 6.07) is 16.1. The Morgan fingerprint density at radius 1 is 1.15 bits per heavy atom. The molecule has 2 aromatic heterocycles. The molecule has 0 bridgehead atoms. The Morgan fingerprint density at radius 3 is 2.79 bits per heavy atom. The van der Waals surface area contributed by atoms with Crippen LogP contribution in [0.3, 0.4) is 0 Å². The lowest BCUT2D eigenvalue weighted by molar-refractivity contribution is -0.113. The van der Waals surface area contributed by atoms with Gasteiger partial charge in [0.2, 0.25) is 11.8 Å². The molecule has 0 aliphatic rings. The molecule has 4 rings (SSSR count). The van der Waals surface area contributed by atoms with Crippen LogP contribution in [0.1, 0.15) is 23.4 Å². The van der Waals surface area contributed by atoms with Gasteiger partial charge in [-0.3, -0.25) is 4.79 Å². The minimum absolute atomic E-state index is 0.163. The van der Waals surface area contributed by atoms with E-state index >= 15 is 0 Å². The van der Waals surface area contributed by atoms with Crippen LogP contribution >= 0.6 is 23.1 Å². The molecule has 0 aliphatic carbocycles. The third-order valence-corrected chi connectivity index (χ3v) is 6.49. The molecule has 4 aromatic rings. The maximum atomic E-state index is 12.3. The molecule has 1 N–H and O–H groups in total. The van der Waals surface area contributed by atoms with Gasteiger partial charge in [-0.25, -0.2) is 4.98 Å². The Labute approximate surface area is 200 Å². The van der Waals surface area contributed by atoms with Crippen molar-refractivity contribution in [2.75, 3.05) is 18.2 Å². The number of ether oxygens (including phenoxy) is 1. The van der Waals surface area contributed by atoms with Crippen LogP contribution in [0.5, 0.6) is 5.75 Å². The number of aromatic nitrogens is 3. The van der Waals surface area contributed by atoms with E-state index in [1.165, 1.54) is 28.7 Å². The molecule has 9 heteroatoms. The topological polar surface area (TPSA) is 90.1 Å². The monoisotopic (exact) mass is 480 g/mol. The fraction of sp³-hybridized carbons (Fsp3) is 0.250. The largest absolute Gasteiger partial charge is 0.496 e. The molecule has 2 aromatic carbocycles. The van der Waals surface area contributed by atoms with E-state index in [2.05, 4.69) is 32.6 Å². The first-order valence-corrected chi connectivity index (χ1v) is 12.4. The normalized spacial score (nSPS) is 10.8. The second-order valence-electron chi connectivity index (χ2n) is 7.36. The van der Waals surface area contributed by atoms with Gasteiger partial charge in [0.15, 0.2) is 5.13 Å². The number of thiazole rings is 1. The smallest absolute Gasteiger partial charge is 0.277 e. The lowest BCUT2D eigenvalue weighted by Crippen LogP contribution is -2.13. The summed E-state index contributed by atoms with van der Waals surface area (Å²) < 4.78 is 11.0. The molecule has 7 nitrogen and oxygen atoms in total. The Morgan fingerprint density at radius 2 is 2.00 bits per heavy atom. The lowest BCUT2D eigenvalue weighted by Gasteiger charge is -2.06. The fourth-order valence-corrected chi connectivity index (χ4v) is 4.61. The highest BCUT2D eigenvalue weighted by atomic mass is 32.2. The number of carbonyl (C=O) groups is 1. The Balaban J connectivity index is 1.21. The first kappa shape index (κ1) is 23.0. The summed E-state index contributed by atoms with van der Waals surface area (Å²) in [5.41, 5.74) is 4.23. The molecule has 2 heterocycles. The van der Waals surface area contributed by atoms with Crippen molar-refractivity contribution in [3.8, 4) is 17.0 Å². The van der Waals surface area contributed by atoms with Gasteiger partial charge in [-0.05, 0) is 37.0 Å². The zero-order valence-electron chi connectivity index (χ0n) is 18.4. The van der Waals surface area contributed by atoms with Crippen LogP contribution in [0, 0.1) is 6.92 Å². The number of methoxy groups -OCH3 is 1. The predicted octanol–water partition coefficient (Wildman–Crippen LogP) is 5.42.